The third-order valence-electron chi connectivity index (χ3n) is 7.04. The predicted molar refractivity (Wildman–Crippen MR) is 135 cm³/mol. The second-order valence-electron chi connectivity index (χ2n) is 9.68. The number of carboxylic acids is 1. The molecule has 188 valence electrons. The quantitative estimate of drug-likeness (QED) is 0.428. The van der Waals surface area contributed by atoms with Gasteiger partial charge >= 0.3 is 12.1 Å². The largest absolute Gasteiger partial charge is 0.480 e. The van der Waals surface area contributed by atoms with Crippen LogP contribution in [0.25, 0.3) is 11.1 Å². The lowest BCUT2D eigenvalue weighted by molar-refractivity contribution is -0.143. The predicted octanol–water partition coefficient (Wildman–Crippen LogP) is 4.80. The number of nitrogens with one attached hydrogen (secondary N) is 2. The minimum atomic E-state index is -1.04. The Morgan fingerprint density at radius 1 is 0.971 bits per heavy atom. The summed E-state index contributed by atoms with van der Waals surface area (Å²) in [5.41, 5.74) is 4.63. The number of hydrogen-bond acceptors (Lipinski definition) is 4. The monoisotopic (exact) mass is 480 g/mol. The van der Waals surface area contributed by atoms with Crippen LogP contribution in [0.5, 0.6) is 0 Å². The van der Waals surface area contributed by atoms with E-state index in [1.807, 2.05) is 45.0 Å². The van der Waals surface area contributed by atoms with E-state index in [0.717, 1.165) is 11.1 Å². The van der Waals surface area contributed by atoms with Crippen LogP contribution in [0.4, 0.5) is 4.79 Å². The van der Waals surface area contributed by atoms with Crippen LogP contribution >= 0.6 is 0 Å². The van der Waals surface area contributed by atoms with Crippen LogP contribution in [-0.4, -0.2) is 42.3 Å². The van der Waals surface area contributed by atoms with Gasteiger partial charge in [0.15, 0.2) is 0 Å². The fraction of sp³-hybridized carbons (Fsp3) is 0.464. The Bertz CT molecular complexity index is 1010. The van der Waals surface area contributed by atoms with Gasteiger partial charge in [0, 0.05) is 18.9 Å². The maximum atomic E-state index is 12.6. The highest BCUT2D eigenvalue weighted by molar-refractivity contribution is 5.84. The van der Waals surface area contributed by atoms with E-state index in [0.29, 0.717) is 6.42 Å². The van der Waals surface area contributed by atoms with Gasteiger partial charge in [0.2, 0.25) is 5.91 Å². The molecule has 0 radical (unpaired) electrons. The van der Waals surface area contributed by atoms with Gasteiger partial charge in [-0.25, -0.2) is 9.59 Å². The Balaban J connectivity index is 1.54. The molecule has 3 atom stereocenters. The number of benzene rings is 2. The minimum Gasteiger partial charge on any atom is -0.480 e. The van der Waals surface area contributed by atoms with Crippen LogP contribution in [0.15, 0.2) is 48.5 Å². The van der Waals surface area contributed by atoms with Gasteiger partial charge in [-0.3, -0.25) is 4.79 Å². The molecule has 0 bridgehead atoms. The SMILES string of the molecule is CCC(C)[C@H](NC(=O)CC(CNC(=O)OCC1c2ccccc2-c2ccccc21)C(C)C)C(=O)O. The molecule has 3 N–H and O–H groups in total. The van der Waals surface area contributed by atoms with Crippen LogP contribution in [0, 0.1) is 17.8 Å². The third kappa shape index (κ3) is 6.41. The Kier molecular flexibility index (Phi) is 8.90. The molecule has 1 aliphatic carbocycles. The molecule has 0 spiro atoms. The van der Waals surface area contributed by atoms with Crippen molar-refractivity contribution in [1.29, 1.82) is 0 Å². The molecule has 2 unspecified atom stereocenters. The van der Waals surface area contributed by atoms with Crippen LogP contribution in [0.1, 0.15) is 57.6 Å². The Morgan fingerprint density at radius 3 is 2.06 bits per heavy atom. The van der Waals surface area contributed by atoms with E-state index in [1.54, 1.807) is 6.92 Å². The summed E-state index contributed by atoms with van der Waals surface area (Å²) < 4.78 is 5.59. The van der Waals surface area contributed by atoms with Crippen LogP contribution in [0.3, 0.4) is 0 Å². The van der Waals surface area contributed by atoms with Gasteiger partial charge in [0.25, 0.3) is 0 Å². The molecular weight excluding hydrogens is 444 g/mol. The first-order chi connectivity index (χ1) is 16.7. The van der Waals surface area contributed by atoms with Crippen molar-refractivity contribution < 1.29 is 24.2 Å². The summed E-state index contributed by atoms with van der Waals surface area (Å²) in [6.07, 6.45) is 0.247. The molecule has 0 saturated carbocycles. The van der Waals surface area contributed by atoms with E-state index < -0.39 is 18.1 Å². The van der Waals surface area contributed by atoms with E-state index in [-0.39, 0.29) is 49.2 Å². The highest BCUT2D eigenvalue weighted by Crippen LogP contribution is 2.44. The molecule has 2 aromatic carbocycles. The number of amides is 2. The van der Waals surface area contributed by atoms with Crippen LogP contribution in [0.2, 0.25) is 0 Å². The second kappa shape index (κ2) is 11.9. The second-order valence-corrected chi connectivity index (χ2v) is 9.68. The molecule has 7 nitrogen and oxygen atoms in total. The van der Waals surface area contributed by atoms with Crippen molar-refractivity contribution in [2.45, 2.75) is 52.5 Å². The van der Waals surface area contributed by atoms with Crippen molar-refractivity contribution in [3.63, 3.8) is 0 Å². The number of carbonyl (C=O) groups excluding carboxylic acids is 2. The molecule has 0 aliphatic heterocycles. The Hall–Kier alpha value is -3.35. The average molecular weight is 481 g/mol. The number of alkyl carbamates (subject to hydrolysis) is 1. The van der Waals surface area contributed by atoms with Crippen molar-refractivity contribution in [3.8, 4) is 11.1 Å². The number of aliphatic carboxylic acids is 1. The molecule has 2 aromatic rings. The molecule has 7 heteroatoms. The number of rotatable bonds is 11. The zero-order valence-corrected chi connectivity index (χ0v) is 20.9. The third-order valence-corrected chi connectivity index (χ3v) is 7.04. The molecule has 35 heavy (non-hydrogen) atoms. The number of carbonyl (C=O) groups is 3. The first-order valence-electron chi connectivity index (χ1n) is 12.3. The summed E-state index contributed by atoms with van der Waals surface area (Å²) in [6.45, 7) is 8.13. The first-order valence-corrected chi connectivity index (χ1v) is 12.3. The highest BCUT2D eigenvalue weighted by atomic mass is 16.5. The molecule has 0 saturated heterocycles. The average Bonchev–Trinajstić information content (AvgIpc) is 3.16. The fourth-order valence-corrected chi connectivity index (χ4v) is 4.56. The summed E-state index contributed by atoms with van der Waals surface area (Å²) in [7, 11) is 0. The van der Waals surface area contributed by atoms with Crippen molar-refractivity contribution in [1.82, 2.24) is 10.6 Å². The standard InChI is InChI=1S/C28H36N2O5/c1-5-18(4)26(27(32)33)30-25(31)14-19(17(2)3)15-29-28(34)35-16-24-22-12-8-6-10-20(22)21-11-7-9-13-23(21)24/h6-13,17-19,24,26H,5,14-16H2,1-4H3,(H,29,34)(H,30,31)(H,32,33)/t18?,19?,26-/m0/s1. The smallest absolute Gasteiger partial charge is 0.407 e. The van der Waals surface area contributed by atoms with Gasteiger partial charge in [-0.15, -0.1) is 0 Å². The van der Waals surface area contributed by atoms with E-state index >= 15 is 0 Å². The number of carboxylic acid groups (broad SMARTS) is 1. The summed E-state index contributed by atoms with van der Waals surface area (Å²) in [5, 5.41) is 14.9. The van der Waals surface area contributed by atoms with Crippen molar-refractivity contribution in [3.05, 3.63) is 59.7 Å². The lowest BCUT2D eigenvalue weighted by Gasteiger charge is -2.24. The lowest BCUT2D eigenvalue weighted by atomic mass is 9.91. The maximum Gasteiger partial charge on any atom is 0.407 e. The van der Waals surface area contributed by atoms with Gasteiger partial charge < -0.3 is 20.5 Å². The van der Waals surface area contributed by atoms with Crippen molar-refractivity contribution in [2.75, 3.05) is 13.2 Å². The molecular formula is C28H36N2O5. The molecule has 3 rings (SSSR count). The minimum absolute atomic E-state index is 0.0201. The van der Waals surface area contributed by atoms with E-state index in [1.165, 1.54) is 11.1 Å². The fourth-order valence-electron chi connectivity index (χ4n) is 4.56. The Morgan fingerprint density at radius 2 is 1.54 bits per heavy atom. The molecule has 0 aromatic heterocycles. The van der Waals surface area contributed by atoms with E-state index in [2.05, 4.69) is 34.9 Å². The number of fused-ring (bicyclic) bond motifs is 3. The van der Waals surface area contributed by atoms with Gasteiger partial charge in [-0.1, -0.05) is 82.6 Å². The molecule has 1 aliphatic rings. The normalized spacial score (nSPS) is 15.0. The summed E-state index contributed by atoms with van der Waals surface area (Å²) in [6, 6.07) is 15.4. The van der Waals surface area contributed by atoms with Gasteiger partial charge in [-0.2, -0.15) is 0 Å². The van der Waals surface area contributed by atoms with Crippen LogP contribution < -0.4 is 10.6 Å². The molecule has 0 heterocycles. The summed E-state index contributed by atoms with van der Waals surface area (Å²) >= 11 is 0. The zero-order valence-electron chi connectivity index (χ0n) is 20.9. The summed E-state index contributed by atoms with van der Waals surface area (Å²) in [5.74, 6) is -1.60. The number of ether oxygens (including phenoxy) is 1. The number of hydrogen-bond donors (Lipinski definition) is 3. The van der Waals surface area contributed by atoms with Crippen molar-refractivity contribution >= 4 is 18.0 Å². The van der Waals surface area contributed by atoms with E-state index in [9.17, 15) is 19.5 Å². The van der Waals surface area contributed by atoms with Gasteiger partial charge in [0.1, 0.15) is 12.6 Å². The lowest BCUT2D eigenvalue weighted by Crippen LogP contribution is -2.46. The highest BCUT2D eigenvalue weighted by Gasteiger charge is 2.30. The Labute approximate surface area is 207 Å². The topological polar surface area (TPSA) is 105 Å². The van der Waals surface area contributed by atoms with Crippen molar-refractivity contribution in [2.24, 2.45) is 17.8 Å². The summed E-state index contributed by atoms with van der Waals surface area (Å²) in [4.78, 5) is 36.6. The van der Waals surface area contributed by atoms with E-state index in [4.69, 9.17) is 4.74 Å². The maximum absolute atomic E-state index is 12.6. The molecule has 2 amide bonds. The first kappa shape index (κ1) is 26.3. The van der Waals surface area contributed by atoms with Crippen LogP contribution in [-0.2, 0) is 14.3 Å². The zero-order chi connectivity index (χ0) is 25.5. The van der Waals surface area contributed by atoms with Gasteiger partial charge in [0.05, 0.1) is 0 Å². The molecule has 0 fully saturated rings. The van der Waals surface area contributed by atoms with Gasteiger partial charge in [-0.05, 0) is 40.0 Å².